The third-order valence-corrected chi connectivity index (χ3v) is 4.18. The number of nitro groups is 1. The smallest absolute Gasteiger partial charge is 0.334 e. The molecule has 2 N–H and O–H groups in total. The highest BCUT2D eigenvalue weighted by atomic mass is 35.5. The first-order valence-corrected chi connectivity index (χ1v) is 8.50. The summed E-state index contributed by atoms with van der Waals surface area (Å²) in [4.78, 5) is 18.5. The average Bonchev–Trinajstić information content (AvgIpc) is 2.64. The van der Waals surface area contributed by atoms with Gasteiger partial charge in [0, 0.05) is 10.7 Å². The number of aryl methyl sites for hydroxylation is 1. The molecular formula is C18H13ClF3N5O2. The molecule has 3 rings (SSSR count). The van der Waals surface area contributed by atoms with E-state index in [1.165, 1.54) is 12.1 Å². The summed E-state index contributed by atoms with van der Waals surface area (Å²) in [6, 6.07) is 9.52. The average molecular weight is 424 g/mol. The molecule has 0 bridgehead atoms. The summed E-state index contributed by atoms with van der Waals surface area (Å²) in [7, 11) is 0. The Labute approximate surface area is 167 Å². The summed E-state index contributed by atoms with van der Waals surface area (Å²) in [6.07, 6.45) is -3.64. The van der Waals surface area contributed by atoms with Gasteiger partial charge in [0.15, 0.2) is 0 Å². The van der Waals surface area contributed by atoms with Gasteiger partial charge in [0.25, 0.3) is 0 Å². The zero-order valence-electron chi connectivity index (χ0n) is 14.8. The maximum absolute atomic E-state index is 13.2. The maximum atomic E-state index is 13.2. The van der Waals surface area contributed by atoms with Crippen molar-refractivity contribution in [1.29, 1.82) is 0 Å². The second kappa shape index (κ2) is 7.92. The predicted octanol–water partition coefficient (Wildman–Crippen LogP) is 5.85. The van der Waals surface area contributed by atoms with E-state index >= 15 is 0 Å². The molecule has 0 aliphatic carbocycles. The molecule has 0 amide bonds. The molecule has 0 aliphatic heterocycles. The molecule has 0 fully saturated rings. The van der Waals surface area contributed by atoms with E-state index in [2.05, 4.69) is 20.6 Å². The van der Waals surface area contributed by atoms with E-state index in [0.29, 0.717) is 10.7 Å². The van der Waals surface area contributed by atoms with E-state index < -0.39 is 22.4 Å². The van der Waals surface area contributed by atoms with E-state index in [9.17, 15) is 23.3 Å². The summed E-state index contributed by atoms with van der Waals surface area (Å²) in [6.45, 7) is 1.75. The first-order valence-electron chi connectivity index (χ1n) is 8.12. The number of hydrogen-bond donors (Lipinski definition) is 2. The zero-order valence-corrected chi connectivity index (χ0v) is 15.5. The quantitative estimate of drug-likeness (QED) is 0.395. The summed E-state index contributed by atoms with van der Waals surface area (Å²) < 4.78 is 39.7. The number of rotatable bonds is 5. The molecule has 150 valence electrons. The second-order valence-electron chi connectivity index (χ2n) is 5.93. The highest BCUT2D eigenvalue weighted by molar-refractivity contribution is 6.30. The molecule has 0 atom stereocenters. The van der Waals surface area contributed by atoms with Gasteiger partial charge in [-0.1, -0.05) is 29.8 Å². The number of alkyl halides is 3. The fourth-order valence-electron chi connectivity index (χ4n) is 2.56. The highest BCUT2D eigenvalue weighted by Gasteiger charge is 2.34. The van der Waals surface area contributed by atoms with Gasteiger partial charge < -0.3 is 10.6 Å². The molecule has 11 heteroatoms. The topological polar surface area (TPSA) is 93.0 Å². The lowest BCUT2D eigenvalue weighted by Gasteiger charge is -2.15. The van der Waals surface area contributed by atoms with Gasteiger partial charge in [-0.3, -0.25) is 10.1 Å². The van der Waals surface area contributed by atoms with Crippen molar-refractivity contribution < 1.29 is 18.1 Å². The fraction of sp³-hybridized carbons (Fsp3) is 0.111. The van der Waals surface area contributed by atoms with Crippen LogP contribution >= 0.6 is 11.6 Å². The number of nitrogens with zero attached hydrogens (tertiary/aromatic N) is 3. The summed E-state index contributed by atoms with van der Waals surface area (Å²) in [5, 5.41) is 17.2. The van der Waals surface area contributed by atoms with Crippen molar-refractivity contribution in [3.63, 3.8) is 0 Å². The molecule has 3 aromatic rings. The number of aromatic nitrogens is 2. The van der Waals surface area contributed by atoms with Crippen LogP contribution in [0, 0.1) is 17.0 Å². The molecule has 1 heterocycles. The van der Waals surface area contributed by atoms with Crippen LogP contribution in [-0.4, -0.2) is 14.9 Å². The molecule has 0 unspecified atom stereocenters. The third kappa shape index (κ3) is 4.54. The van der Waals surface area contributed by atoms with Crippen LogP contribution in [0.1, 0.15) is 11.1 Å². The minimum atomic E-state index is -4.65. The minimum Gasteiger partial charge on any atom is -0.334 e. The van der Waals surface area contributed by atoms with Crippen molar-refractivity contribution in [3.05, 3.63) is 75.1 Å². The molecule has 0 spiro atoms. The van der Waals surface area contributed by atoms with Gasteiger partial charge in [-0.15, -0.1) is 0 Å². The molecule has 0 radical (unpaired) electrons. The van der Waals surface area contributed by atoms with E-state index in [-0.39, 0.29) is 17.3 Å². The Bertz CT molecular complexity index is 1080. The van der Waals surface area contributed by atoms with Crippen LogP contribution in [0.5, 0.6) is 0 Å². The molecule has 7 nitrogen and oxygen atoms in total. The van der Waals surface area contributed by atoms with Crippen molar-refractivity contribution in [1.82, 2.24) is 9.97 Å². The number of para-hydroxylation sites is 1. The van der Waals surface area contributed by atoms with Gasteiger partial charge in [-0.2, -0.15) is 13.2 Å². The minimum absolute atomic E-state index is 0.192. The van der Waals surface area contributed by atoms with Crippen molar-refractivity contribution in [2.75, 3.05) is 10.6 Å². The van der Waals surface area contributed by atoms with Crippen molar-refractivity contribution in [3.8, 4) is 0 Å². The van der Waals surface area contributed by atoms with Crippen LogP contribution in [0.4, 0.5) is 41.9 Å². The predicted molar refractivity (Wildman–Crippen MR) is 103 cm³/mol. The van der Waals surface area contributed by atoms with Crippen molar-refractivity contribution in [2.45, 2.75) is 13.1 Å². The first kappa shape index (κ1) is 20.3. The van der Waals surface area contributed by atoms with E-state index in [4.69, 9.17) is 11.6 Å². The Morgan fingerprint density at radius 2 is 1.66 bits per heavy atom. The van der Waals surface area contributed by atoms with Crippen molar-refractivity contribution >= 4 is 40.3 Å². The molecule has 0 aliphatic rings. The Morgan fingerprint density at radius 3 is 2.28 bits per heavy atom. The summed E-state index contributed by atoms with van der Waals surface area (Å²) in [5.41, 5.74) is -0.760. The molecule has 0 saturated heterocycles. The van der Waals surface area contributed by atoms with Gasteiger partial charge in [0.2, 0.25) is 11.6 Å². The Balaban J connectivity index is 2.05. The Morgan fingerprint density at radius 1 is 1.03 bits per heavy atom. The molecule has 1 aromatic heterocycles. The molecular weight excluding hydrogens is 411 g/mol. The maximum Gasteiger partial charge on any atom is 0.418 e. The summed E-state index contributed by atoms with van der Waals surface area (Å²) >= 11 is 5.96. The SMILES string of the molecule is Cc1ccc(Cl)cc1Nc1ncnc(Nc2ccccc2C(F)(F)F)c1[N+](=O)[O-]. The normalized spacial score (nSPS) is 11.2. The lowest BCUT2D eigenvalue weighted by molar-refractivity contribution is -0.383. The molecule has 2 aromatic carbocycles. The fourth-order valence-corrected chi connectivity index (χ4v) is 2.73. The highest BCUT2D eigenvalue weighted by Crippen LogP contribution is 2.39. The van der Waals surface area contributed by atoms with Crippen LogP contribution in [-0.2, 0) is 6.18 Å². The number of hydrogen-bond acceptors (Lipinski definition) is 6. The van der Waals surface area contributed by atoms with Gasteiger partial charge >= 0.3 is 11.9 Å². The first-order chi connectivity index (χ1) is 13.7. The van der Waals surface area contributed by atoms with Crippen LogP contribution in [0.25, 0.3) is 0 Å². The standard InChI is InChI=1S/C18H13ClF3N5O2/c1-10-6-7-11(19)8-14(10)26-17-15(27(28)29)16(23-9-24-17)25-13-5-3-2-4-12(13)18(20,21)22/h2-9H,1H3,(H2,23,24,25,26). The number of nitrogens with one attached hydrogen (secondary N) is 2. The Hall–Kier alpha value is -3.40. The monoisotopic (exact) mass is 423 g/mol. The number of anilines is 4. The largest absolute Gasteiger partial charge is 0.418 e. The van der Waals surface area contributed by atoms with Gasteiger partial charge in [0.05, 0.1) is 16.2 Å². The molecule has 0 saturated carbocycles. The van der Waals surface area contributed by atoms with E-state index in [1.54, 1.807) is 25.1 Å². The van der Waals surface area contributed by atoms with Crippen LogP contribution in [0.2, 0.25) is 5.02 Å². The van der Waals surface area contributed by atoms with E-state index in [1.807, 2.05) is 0 Å². The second-order valence-corrected chi connectivity index (χ2v) is 6.37. The van der Waals surface area contributed by atoms with Gasteiger partial charge in [-0.25, -0.2) is 9.97 Å². The summed E-state index contributed by atoms with van der Waals surface area (Å²) in [5.74, 6) is -0.578. The molecule has 29 heavy (non-hydrogen) atoms. The lowest BCUT2D eigenvalue weighted by Crippen LogP contribution is -2.11. The lowest BCUT2D eigenvalue weighted by atomic mass is 10.1. The number of halogens is 4. The van der Waals surface area contributed by atoms with Gasteiger partial charge in [-0.05, 0) is 36.8 Å². The van der Waals surface area contributed by atoms with Crippen LogP contribution in [0.15, 0.2) is 48.8 Å². The van der Waals surface area contributed by atoms with E-state index in [0.717, 1.165) is 24.0 Å². The van der Waals surface area contributed by atoms with Crippen LogP contribution < -0.4 is 10.6 Å². The Kier molecular flexibility index (Phi) is 5.55. The third-order valence-electron chi connectivity index (χ3n) is 3.94. The number of benzene rings is 2. The van der Waals surface area contributed by atoms with Crippen LogP contribution in [0.3, 0.4) is 0 Å². The van der Waals surface area contributed by atoms with Crippen molar-refractivity contribution in [2.24, 2.45) is 0 Å². The van der Waals surface area contributed by atoms with Gasteiger partial charge in [0.1, 0.15) is 6.33 Å². The zero-order chi connectivity index (χ0) is 21.2.